The van der Waals surface area contributed by atoms with Gasteiger partial charge in [0.15, 0.2) is 0 Å². The zero-order chi connectivity index (χ0) is 23.9. The predicted molar refractivity (Wildman–Crippen MR) is 121 cm³/mol. The van der Waals surface area contributed by atoms with Crippen molar-refractivity contribution in [1.29, 1.82) is 0 Å². The van der Waals surface area contributed by atoms with Crippen LogP contribution in [0.3, 0.4) is 0 Å². The maximum atomic E-state index is 13.4. The summed E-state index contributed by atoms with van der Waals surface area (Å²) in [6, 6.07) is 8.96. The molecule has 3 aromatic rings. The Kier molecular flexibility index (Phi) is 5.79. The van der Waals surface area contributed by atoms with Crippen LogP contribution in [0.5, 0.6) is 5.75 Å². The number of alkyl halides is 3. The average molecular weight is 471 g/mol. The number of nitrogens with zero attached hydrogens (tertiary/aromatic N) is 3. The first-order valence-electron chi connectivity index (χ1n) is 11.5. The lowest BCUT2D eigenvalue weighted by Gasteiger charge is -2.30. The van der Waals surface area contributed by atoms with Crippen LogP contribution in [0.25, 0.3) is 10.9 Å². The third-order valence-electron chi connectivity index (χ3n) is 6.46. The van der Waals surface area contributed by atoms with Crippen molar-refractivity contribution in [3.63, 3.8) is 0 Å². The second kappa shape index (κ2) is 8.77. The molecule has 9 heteroatoms. The molecule has 1 amide bonds. The molecule has 2 aliphatic rings. The van der Waals surface area contributed by atoms with Gasteiger partial charge >= 0.3 is 6.36 Å². The standard InChI is InChI=1S/C25H24F3N3O3/c26-25(27,28)34-18-9-11-21-16(14-18)6-5-13-30(21)23(32)17-8-10-19-20(15-17)29-22-7-3-1-2-4-12-31(22)24(19)33/h8-11,14-15H,1-7,12-13H2. The van der Waals surface area contributed by atoms with Gasteiger partial charge in [-0.2, -0.15) is 0 Å². The van der Waals surface area contributed by atoms with Gasteiger partial charge in [0.05, 0.1) is 10.9 Å². The second-order valence-corrected chi connectivity index (χ2v) is 8.78. The summed E-state index contributed by atoms with van der Waals surface area (Å²) in [4.78, 5) is 32.7. The maximum Gasteiger partial charge on any atom is 0.573 e. The number of anilines is 1. The van der Waals surface area contributed by atoms with Crippen molar-refractivity contribution < 1.29 is 22.7 Å². The lowest BCUT2D eigenvalue weighted by atomic mass is 10.00. The highest BCUT2D eigenvalue weighted by molar-refractivity contribution is 6.08. The van der Waals surface area contributed by atoms with E-state index >= 15 is 0 Å². The highest BCUT2D eigenvalue weighted by Gasteiger charge is 2.32. The van der Waals surface area contributed by atoms with Crippen LogP contribution >= 0.6 is 0 Å². The molecule has 0 radical (unpaired) electrons. The van der Waals surface area contributed by atoms with Crippen LogP contribution in [0.2, 0.25) is 0 Å². The topological polar surface area (TPSA) is 64.4 Å². The molecule has 0 bridgehead atoms. The molecule has 0 spiro atoms. The predicted octanol–water partition coefficient (Wildman–Crippen LogP) is 5.00. The SMILES string of the molecule is O=C(c1ccc2c(=O)n3c(nc2c1)CCCCCC3)N1CCCc2cc(OC(F)(F)F)ccc21. The van der Waals surface area contributed by atoms with Gasteiger partial charge in [-0.1, -0.05) is 12.8 Å². The lowest BCUT2D eigenvalue weighted by molar-refractivity contribution is -0.274. The van der Waals surface area contributed by atoms with Gasteiger partial charge in [0.2, 0.25) is 0 Å². The Morgan fingerprint density at radius 2 is 1.76 bits per heavy atom. The molecular weight excluding hydrogens is 447 g/mol. The second-order valence-electron chi connectivity index (χ2n) is 8.78. The normalized spacial score (nSPS) is 16.4. The van der Waals surface area contributed by atoms with Gasteiger partial charge in [0.1, 0.15) is 11.6 Å². The van der Waals surface area contributed by atoms with Crippen molar-refractivity contribution in [2.75, 3.05) is 11.4 Å². The molecule has 0 aliphatic carbocycles. The van der Waals surface area contributed by atoms with Crippen molar-refractivity contribution in [3.05, 3.63) is 63.7 Å². The van der Waals surface area contributed by atoms with E-state index in [1.54, 1.807) is 27.7 Å². The fraction of sp³-hybridized carbons (Fsp3) is 0.400. The summed E-state index contributed by atoms with van der Waals surface area (Å²) in [6.45, 7) is 1.10. The molecule has 0 fully saturated rings. The molecule has 0 atom stereocenters. The van der Waals surface area contributed by atoms with Crippen molar-refractivity contribution >= 4 is 22.5 Å². The number of amides is 1. The van der Waals surface area contributed by atoms with Crippen LogP contribution in [0, 0.1) is 0 Å². The van der Waals surface area contributed by atoms with Crippen LogP contribution in [0.15, 0.2) is 41.2 Å². The zero-order valence-corrected chi connectivity index (χ0v) is 18.5. The molecule has 3 heterocycles. The van der Waals surface area contributed by atoms with E-state index in [2.05, 4.69) is 4.74 Å². The van der Waals surface area contributed by atoms with E-state index in [1.165, 1.54) is 18.2 Å². The Labute approximate surface area is 194 Å². The highest BCUT2D eigenvalue weighted by Crippen LogP contribution is 2.33. The minimum atomic E-state index is -4.77. The molecule has 178 valence electrons. The van der Waals surface area contributed by atoms with Crippen molar-refractivity contribution in [1.82, 2.24) is 9.55 Å². The van der Waals surface area contributed by atoms with Crippen molar-refractivity contribution in [3.8, 4) is 5.75 Å². The number of ether oxygens (including phenoxy) is 1. The lowest BCUT2D eigenvalue weighted by Crippen LogP contribution is -2.35. The Bertz CT molecular complexity index is 1320. The summed E-state index contributed by atoms with van der Waals surface area (Å²) < 4.78 is 43.5. The zero-order valence-electron chi connectivity index (χ0n) is 18.5. The first-order valence-corrected chi connectivity index (χ1v) is 11.5. The Hall–Kier alpha value is -3.36. The Balaban J connectivity index is 1.48. The van der Waals surface area contributed by atoms with Gasteiger partial charge in [-0.25, -0.2) is 4.98 Å². The summed E-state index contributed by atoms with van der Waals surface area (Å²) >= 11 is 0. The summed E-state index contributed by atoms with van der Waals surface area (Å²) in [5.41, 5.74) is 1.99. The molecule has 0 saturated heterocycles. The molecule has 0 N–H and O–H groups in total. The monoisotopic (exact) mass is 471 g/mol. The molecule has 5 rings (SSSR count). The van der Waals surface area contributed by atoms with E-state index in [4.69, 9.17) is 4.98 Å². The van der Waals surface area contributed by atoms with E-state index in [1.807, 2.05) is 0 Å². The molecule has 0 unspecified atom stereocenters. The number of carbonyl (C=O) groups is 1. The third kappa shape index (κ3) is 4.38. The Morgan fingerprint density at radius 1 is 0.941 bits per heavy atom. The fourth-order valence-electron chi connectivity index (χ4n) is 4.87. The van der Waals surface area contributed by atoms with E-state index in [9.17, 15) is 22.8 Å². The van der Waals surface area contributed by atoms with E-state index in [0.717, 1.165) is 37.9 Å². The third-order valence-corrected chi connectivity index (χ3v) is 6.46. The minimum absolute atomic E-state index is 0.0820. The molecule has 6 nitrogen and oxygen atoms in total. The number of aromatic nitrogens is 2. The number of rotatable bonds is 2. The molecule has 1 aromatic heterocycles. The molecule has 34 heavy (non-hydrogen) atoms. The Morgan fingerprint density at radius 3 is 2.59 bits per heavy atom. The van der Waals surface area contributed by atoms with Crippen LogP contribution in [-0.2, 0) is 19.4 Å². The summed E-state index contributed by atoms with van der Waals surface area (Å²) in [7, 11) is 0. The number of carbonyl (C=O) groups excluding carboxylic acids is 1. The minimum Gasteiger partial charge on any atom is -0.406 e. The first-order chi connectivity index (χ1) is 16.3. The number of aryl methyl sites for hydroxylation is 2. The molecule has 2 aliphatic heterocycles. The van der Waals surface area contributed by atoms with Gasteiger partial charge in [0.25, 0.3) is 11.5 Å². The van der Waals surface area contributed by atoms with Crippen LogP contribution < -0.4 is 15.2 Å². The fourth-order valence-corrected chi connectivity index (χ4v) is 4.87. The van der Waals surface area contributed by atoms with Crippen molar-refractivity contribution in [2.45, 2.75) is 57.9 Å². The van der Waals surface area contributed by atoms with Gasteiger partial charge in [-0.05, 0) is 67.6 Å². The highest BCUT2D eigenvalue weighted by atomic mass is 19.4. The van der Waals surface area contributed by atoms with Crippen LogP contribution in [0.4, 0.5) is 18.9 Å². The number of benzene rings is 2. The molecule has 0 saturated carbocycles. The van der Waals surface area contributed by atoms with Crippen LogP contribution in [-0.4, -0.2) is 28.4 Å². The van der Waals surface area contributed by atoms with Gasteiger partial charge in [-0.3, -0.25) is 14.2 Å². The first kappa shape index (κ1) is 22.4. The largest absolute Gasteiger partial charge is 0.573 e. The molecule has 2 aromatic carbocycles. The van der Waals surface area contributed by atoms with Crippen molar-refractivity contribution in [2.24, 2.45) is 0 Å². The summed E-state index contributed by atoms with van der Waals surface area (Å²) in [6.07, 6.45) is 1.25. The van der Waals surface area contributed by atoms with Gasteiger partial charge in [-0.15, -0.1) is 13.2 Å². The van der Waals surface area contributed by atoms with Gasteiger partial charge < -0.3 is 9.64 Å². The number of hydrogen-bond acceptors (Lipinski definition) is 4. The maximum absolute atomic E-state index is 13.4. The van der Waals surface area contributed by atoms with E-state index in [0.29, 0.717) is 53.6 Å². The molecular formula is C25H24F3N3O3. The number of fused-ring (bicyclic) bond motifs is 3. The quantitative estimate of drug-likeness (QED) is 0.528. The summed E-state index contributed by atoms with van der Waals surface area (Å²) in [5, 5.41) is 0.480. The van der Waals surface area contributed by atoms with E-state index < -0.39 is 6.36 Å². The number of halogens is 3. The van der Waals surface area contributed by atoms with Crippen LogP contribution in [0.1, 0.15) is 53.8 Å². The number of hydrogen-bond donors (Lipinski definition) is 0. The average Bonchev–Trinajstić information content (AvgIpc) is 2.78. The van der Waals surface area contributed by atoms with E-state index in [-0.39, 0.29) is 17.2 Å². The smallest absolute Gasteiger partial charge is 0.406 e. The summed E-state index contributed by atoms with van der Waals surface area (Å²) in [5.74, 6) is 0.177. The van der Waals surface area contributed by atoms with Gasteiger partial charge in [0, 0.05) is 30.8 Å².